The molecule has 0 amide bonds. The van der Waals surface area contributed by atoms with Crippen LogP contribution < -0.4 is 9.47 Å². The summed E-state index contributed by atoms with van der Waals surface area (Å²) >= 11 is 5.52. The maximum Gasteiger partial charge on any atom is 0.205 e. The van der Waals surface area contributed by atoms with Crippen molar-refractivity contribution < 1.29 is 9.47 Å². The van der Waals surface area contributed by atoms with Crippen molar-refractivity contribution in [2.75, 3.05) is 7.11 Å². The fourth-order valence-electron chi connectivity index (χ4n) is 2.93. The second kappa shape index (κ2) is 5.76. The molecule has 0 bridgehead atoms. The van der Waals surface area contributed by atoms with Gasteiger partial charge in [0, 0.05) is 6.42 Å². The highest BCUT2D eigenvalue weighted by molar-refractivity contribution is 7.71. The van der Waals surface area contributed by atoms with Crippen LogP contribution in [0.15, 0.2) is 42.5 Å². The van der Waals surface area contributed by atoms with E-state index < -0.39 is 0 Å². The Balaban J connectivity index is 1.84. The summed E-state index contributed by atoms with van der Waals surface area (Å²) in [5, 5.41) is 0. The van der Waals surface area contributed by atoms with Gasteiger partial charge in [-0.15, -0.1) is 0 Å². The van der Waals surface area contributed by atoms with Gasteiger partial charge >= 0.3 is 0 Å². The van der Waals surface area contributed by atoms with E-state index in [4.69, 9.17) is 21.7 Å². The van der Waals surface area contributed by atoms with Gasteiger partial charge in [-0.3, -0.25) is 0 Å². The van der Waals surface area contributed by atoms with Crippen molar-refractivity contribution in [3.05, 3.63) is 63.8 Å². The van der Waals surface area contributed by atoms with Gasteiger partial charge in [0.1, 0.15) is 22.0 Å². The molecule has 0 spiro atoms. The molecule has 1 aliphatic rings. The van der Waals surface area contributed by atoms with E-state index in [0.29, 0.717) is 16.3 Å². The van der Waals surface area contributed by atoms with Crippen molar-refractivity contribution >= 4 is 12.2 Å². The number of nitrogens with one attached hydrogen (secondary N) is 1. The Morgan fingerprint density at radius 3 is 2.88 bits per heavy atom. The summed E-state index contributed by atoms with van der Waals surface area (Å²) in [4.78, 5) is 7.83. The van der Waals surface area contributed by atoms with E-state index >= 15 is 0 Å². The highest BCUT2D eigenvalue weighted by atomic mass is 32.1. The molecular formula is C19H16N2O2S. The van der Waals surface area contributed by atoms with Crippen molar-refractivity contribution in [2.45, 2.75) is 13.3 Å². The molecule has 5 heteroatoms. The molecule has 0 aliphatic carbocycles. The second-order valence-corrected chi connectivity index (χ2v) is 6.18. The van der Waals surface area contributed by atoms with E-state index in [1.165, 1.54) is 5.56 Å². The molecular weight excluding hydrogens is 320 g/mol. The minimum absolute atomic E-state index is 0.553. The summed E-state index contributed by atoms with van der Waals surface area (Å²) in [6.45, 7) is 2.07. The maximum absolute atomic E-state index is 6.05. The molecule has 0 atom stereocenters. The molecule has 2 aromatic carbocycles. The minimum atomic E-state index is 0.553. The molecule has 1 aromatic heterocycles. The largest absolute Gasteiger partial charge is 0.496 e. The average molecular weight is 336 g/mol. The van der Waals surface area contributed by atoms with Gasteiger partial charge in [0.05, 0.1) is 18.2 Å². The first-order chi connectivity index (χ1) is 11.7. The standard InChI is InChI=1S/C19H16N2O2S/c1-11-7-8-15-12(9-11)10-14-18(23-15)20-17(21-19(14)24)13-5-3-4-6-16(13)22-2/h3-9H,10H2,1-2H3,(H,20,21,24). The van der Waals surface area contributed by atoms with Crippen LogP contribution in [0.1, 0.15) is 16.7 Å². The van der Waals surface area contributed by atoms with Gasteiger partial charge in [-0.1, -0.05) is 42.0 Å². The number of fused-ring (bicyclic) bond motifs is 2. The van der Waals surface area contributed by atoms with Gasteiger partial charge < -0.3 is 14.5 Å². The smallest absolute Gasteiger partial charge is 0.205 e. The molecule has 0 radical (unpaired) electrons. The fraction of sp³-hybridized carbons (Fsp3) is 0.158. The third-order valence-corrected chi connectivity index (χ3v) is 4.47. The molecule has 3 aromatic rings. The zero-order valence-electron chi connectivity index (χ0n) is 13.4. The summed E-state index contributed by atoms with van der Waals surface area (Å²) in [6, 6.07) is 13.9. The lowest BCUT2D eigenvalue weighted by Crippen LogP contribution is -2.08. The lowest BCUT2D eigenvalue weighted by atomic mass is 10.0. The summed E-state index contributed by atoms with van der Waals surface area (Å²) < 4.78 is 12.0. The van der Waals surface area contributed by atoms with Crippen LogP contribution in [0.3, 0.4) is 0 Å². The van der Waals surface area contributed by atoms with Crippen LogP contribution in [0.2, 0.25) is 0 Å². The number of ether oxygens (including phenoxy) is 2. The van der Waals surface area contributed by atoms with Crippen LogP contribution >= 0.6 is 12.2 Å². The normalized spacial score (nSPS) is 12.1. The molecule has 120 valence electrons. The predicted molar refractivity (Wildman–Crippen MR) is 95.5 cm³/mol. The van der Waals surface area contributed by atoms with Crippen molar-refractivity contribution in [3.63, 3.8) is 0 Å². The van der Waals surface area contributed by atoms with Crippen LogP contribution in [0.4, 0.5) is 0 Å². The van der Waals surface area contributed by atoms with Crippen LogP contribution in [0, 0.1) is 11.6 Å². The van der Waals surface area contributed by atoms with Crippen LogP contribution in [0.5, 0.6) is 17.4 Å². The zero-order valence-corrected chi connectivity index (χ0v) is 14.2. The lowest BCUT2D eigenvalue weighted by molar-refractivity contribution is 0.415. The monoisotopic (exact) mass is 336 g/mol. The third kappa shape index (κ3) is 2.47. The Kier molecular flexibility index (Phi) is 3.58. The van der Waals surface area contributed by atoms with Crippen LogP contribution in [-0.2, 0) is 6.42 Å². The topological polar surface area (TPSA) is 47.1 Å². The maximum atomic E-state index is 6.05. The van der Waals surface area contributed by atoms with Crippen molar-refractivity contribution in [1.29, 1.82) is 0 Å². The molecule has 2 heterocycles. The number of hydrogen-bond acceptors (Lipinski definition) is 4. The first-order valence-electron chi connectivity index (χ1n) is 7.69. The highest BCUT2D eigenvalue weighted by Crippen LogP contribution is 2.37. The molecule has 4 rings (SSSR count). The lowest BCUT2D eigenvalue weighted by Gasteiger charge is -2.21. The average Bonchev–Trinajstić information content (AvgIpc) is 2.60. The first-order valence-corrected chi connectivity index (χ1v) is 8.10. The molecule has 1 N–H and O–H groups in total. The third-order valence-electron chi connectivity index (χ3n) is 4.13. The van der Waals surface area contributed by atoms with Crippen molar-refractivity contribution in [3.8, 4) is 28.8 Å². The van der Waals surface area contributed by atoms with Crippen LogP contribution in [-0.4, -0.2) is 17.1 Å². The molecule has 0 saturated heterocycles. The van der Waals surface area contributed by atoms with Crippen molar-refractivity contribution in [2.24, 2.45) is 0 Å². The number of aromatic amines is 1. The predicted octanol–water partition coefficient (Wildman–Crippen LogP) is 4.82. The Bertz CT molecular complexity index is 995. The Morgan fingerprint density at radius 1 is 1.21 bits per heavy atom. The number of rotatable bonds is 2. The van der Waals surface area contributed by atoms with Gasteiger partial charge in [0.15, 0.2) is 0 Å². The number of aromatic nitrogens is 2. The SMILES string of the molecule is COc1ccccc1-c1nc(=S)c2c([nH]1)Oc1ccc(C)cc1C2. The van der Waals surface area contributed by atoms with Gasteiger partial charge in [0.2, 0.25) is 5.88 Å². The summed E-state index contributed by atoms with van der Waals surface area (Å²) in [6.07, 6.45) is 0.723. The van der Waals surface area contributed by atoms with E-state index in [0.717, 1.165) is 34.6 Å². The van der Waals surface area contributed by atoms with E-state index in [2.05, 4.69) is 23.0 Å². The summed E-state index contributed by atoms with van der Waals surface area (Å²) in [5.41, 5.74) is 4.11. The Labute approximate surface area is 145 Å². The Hall–Kier alpha value is -2.66. The van der Waals surface area contributed by atoms with Gasteiger partial charge in [0.25, 0.3) is 0 Å². The molecule has 24 heavy (non-hydrogen) atoms. The molecule has 1 aliphatic heterocycles. The van der Waals surface area contributed by atoms with E-state index in [1.807, 2.05) is 36.4 Å². The van der Waals surface area contributed by atoms with Crippen LogP contribution in [0.25, 0.3) is 11.4 Å². The number of para-hydroxylation sites is 1. The van der Waals surface area contributed by atoms with Crippen molar-refractivity contribution in [1.82, 2.24) is 9.97 Å². The van der Waals surface area contributed by atoms with Gasteiger partial charge in [-0.25, -0.2) is 4.98 Å². The summed E-state index contributed by atoms with van der Waals surface area (Å²) in [7, 11) is 1.64. The minimum Gasteiger partial charge on any atom is -0.496 e. The number of hydrogen-bond donors (Lipinski definition) is 1. The first kappa shape index (κ1) is 14.9. The number of aryl methyl sites for hydroxylation is 1. The highest BCUT2D eigenvalue weighted by Gasteiger charge is 2.21. The number of nitrogens with zero attached hydrogens (tertiary/aromatic N) is 1. The molecule has 0 saturated carbocycles. The number of methoxy groups -OCH3 is 1. The van der Waals surface area contributed by atoms with Gasteiger partial charge in [-0.05, 0) is 30.7 Å². The Morgan fingerprint density at radius 2 is 2.04 bits per heavy atom. The quantitative estimate of drug-likeness (QED) is 0.533. The summed E-state index contributed by atoms with van der Waals surface area (Å²) in [5.74, 6) is 2.90. The zero-order chi connectivity index (χ0) is 16.7. The van der Waals surface area contributed by atoms with E-state index in [-0.39, 0.29) is 0 Å². The molecule has 0 unspecified atom stereocenters. The fourth-order valence-corrected chi connectivity index (χ4v) is 3.19. The number of benzene rings is 2. The van der Waals surface area contributed by atoms with E-state index in [1.54, 1.807) is 7.11 Å². The van der Waals surface area contributed by atoms with E-state index in [9.17, 15) is 0 Å². The molecule has 4 nitrogen and oxygen atoms in total. The second-order valence-electron chi connectivity index (χ2n) is 5.79. The number of H-pyrrole nitrogens is 1. The molecule has 0 fully saturated rings. The van der Waals surface area contributed by atoms with Gasteiger partial charge in [-0.2, -0.15) is 0 Å².